The van der Waals surface area contributed by atoms with Gasteiger partial charge >= 0.3 is 0 Å². The van der Waals surface area contributed by atoms with E-state index in [1.807, 2.05) is 13.1 Å². The predicted molar refractivity (Wildman–Crippen MR) is 83.8 cm³/mol. The Balaban J connectivity index is 1.57. The molecule has 3 heterocycles. The van der Waals surface area contributed by atoms with Crippen LogP contribution in [0.5, 0.6) is 0 Å². The monoisotopic (exact) mass is 291 g/mol. The summed E-state index contributed by atoms with van der Waals surface area (Å²) in [6, 6.07) is 2.60. The van der Waals surface area contributed by atoms with Crippen LogP contribution in [-0.2, 0) is 11.2 Å². The summed E-state index contributed by atoms with van der Waals surface area (Å²) in [6.07, 6.45) is 3.68. The molecule has 2 aliphatic heterocycles. The van der Waals surface area contributed by atoms with Gasteiger partial charge in [-0.15, -0.1) is 0 Å². The molecule has 1 aromatic rings. The van der Waals surface area contributed by atoms with Crippen LogP contribution in [0.3, 0.4) is 0 Å². The summed E-state index contributed by atoms with van der Waals surface area (Å²) in [5.41, 5.74) is 0. The predicted octanol–water partition coefficient (Wildman–Crippen LogP) is 1.36. The highest BCUT2D eigenvalue weighted by atomic mass is 16.5. The third-order valence-corrected chi connectivity index (χ3v) is 4.32. The zero-order chi connectivity index (χ0) is 14.7. The van der Waals surface area contributed by atoms with Crippen molar-refractivity contribution in [2.45, 2.75) is 38.3 Å². The van der Waals surface area contributed by atoms with Gasteiger partial charge in [-0.25, -0.2) is 9.97 Å². The highest BCUT2D eigenvalue weighted by Gasteiger charge is 2.31. The van der Waals surface area contributed by atoms with Crippen LogP contribution in [0.25, 0.3) is 0 Å². The molecule has 6 heteroatoms. The largest absolute Gasteiger partial charge is 0.373 e. The van der Waals surface area contributed by atoms with Gasteiger partial charge in [0.25, 0.3) is 0 Å². The first-order valence-corrected chi connectivity index (χ1v) is 7.93. The van der Waals surface area contributed by atoms with Gasteiger partial charge in [0.05, 0.1) is 12.7 Å². The Morgan fingerprint density at radius 3 is 3.05 bits per heavy atom. The Morgan fingerprint density at radius 1 is 1.38 bits per heavy atom. The Hall–Kier alpha value is -1.40. The number of hydrogen-bond donors (Lipinski definition) is 2. The standard InChI is InChI=1S/C15H25N5O/c1-3-13-18-14(16-2)7-15(19-13)17-8-12-9-20-6-4-5-11(20)10-21-12/h7,11-12H,3-6,8-10H2,1-2H3,(H2,16,17,18,19). The SMILES string of the molecule is CCc1nc(NC)cc(NCC2CN3CCCC3CO2)n1. The van der Waals surface area contributed by atoms with Gasteiger partial charge in [-0.1, -0.05) is 6.92 Å². The Bertz CT molecular complexity index is 459. The molecule has 0 spiro atoms. The van der Waals surface area contributed by atoms with Crippen molar-refractivity contribution in [3.8, 4) is 0 Å². The molecule has 2 unspecified atom stereocenters. The molecule has 6 nitrogen and oxygen atoms in total. The van der Waals surface area contributed by atoms with Crippen LogP contribution in [0.15, 0.2) is 6.07 Å². The van der Waals surface area contributed by atoms with Gasteiger partial charge in [-0.05, 0) is 19.4 Å². The van der Waals surface area contributed by atoms with Gasteiger partial charge in [0, 0.05) is 38.7 Å². The smallest absolute Gasteiger partial charge is 0.132 e. The number of ether oxygens (including phenoxy) is 1. The molecule has 0 aliphatic carbocycles. The lowest BCUT2D eigenvalue weighted by Crippen LogP contribution is -2.48. The third-order valence-electron chi connectivity index (χ3n) is 4.32. The molecule has 2 N–H and O–H groups in total. The van der Waals surface area contributed by atoms with E-state index in [0.717, 1.165) is 43.6 Å². The van der Waals surface area contributed by atoms with E-state index in [1.165, 1.54) is 19.4 Å². The Kier molecular flexibility index (Phi) is 4.55. The Morgan fingerprint density at radius 2 is 2.24 bits per heavy atom. The van der Waals surface area contributed by atoms with E-state index in [0.29, 0.717) is 6.04 Å². The van der Waals surface area contributed by atoms with Gasteiger partial charge < -0.3 is 15.4 Å². The van der Waals surface area contributed by atoms with Crippen molar-refractivity contribution >= 4 is 11.6 Å². The molecule has 3 rings (SSSR count). The lowest BCUT2D eigenvalue weighted by Gasteiger charge is -2.35. The summed E-state index contributed by atoms with van der Waals surface area (Å²) in [4.78, 5) is 11.5. The van der Waals surface area contributed by atoms with Gasteiger partial charge in [0.1, 0.15) is 17.5 Å². The molecule has 0 bridgehead atoms. The van der Waals surface area contributed by atoms with Gasteiger partial charge in [0.2, 0.25) is 0 Å². The molecular formula is C15H25N5O. The zero-order valence-electron chi connectivity index (χ0n) is 12.9. The van der Waals surface area contributed by atoms with E-state index < -0.39 is 0 Å². The van der Waals surface area contributed by atoms with E-state index in [9.17, 15) is 0 Å². The fourth-order valence-corrected chi connectivity index (χ4v) is 3.10. The lowest BCUT2D eigenvalue weighted by molar-refractivity contribution is -0.0416. The second-order valence-electron chi connectivity index (χ2n) is 5.79. The fourth-order valence-electron chi connectivity index (χ4n) is 3.10. The maximum atomic E-state index is 5.96. The highest BCUT2D eigenvalue weighted by Crippen LogP contribution is 2.22. The van der Waals surface area contributed by atoms with Crippen LogP contribution in [0.1, 0.15) is 25.6 Å². The molecule has 2 atom stereocenters. The van der Waals surface area contributed by atoms with Crippen molar-refractivity contribution < 1.29 is 4.74 Å². The van der Waals surface area contributed by atoms with Crippen molar-refractivity contribution in [1.29, 1.82) is 0 Å². The summed E-state index contributed by atoms with van der Waals surface area (Å²) >= 11 is 0. The first kappa shape index (κ1) is 14.5. The van der Waals surface area contributed by atoms with Gasteiger partial charge in [0.15, 0.2) is 0 Å². The number of nitrogens with one attached hydrogen (secondary N) is 2. The molecule has 0 saturated carbocycles. The zero-order valence-corrected chi connectivity index (χ0v) is 12.9. The van der Waals surface area contributed by atoms with Crippen LogP contribution < -0.4 is 10.6 Å². The molecule has 2 saturated heterocycles. The topological polar surface area (TPSA) is 62.3 Å². The number of anilines is 2. The fraction of sp³-hybridized carbons (Fsp3) is 0.733. The van der Waals surface area contributed by atoms with Gasteiger partial charge in [-0.3, -0.25) is 4.90 Å². The van der Waals surface area contributed by atoms with Crippen molar-refractivity contribution in [2.75, 3.05) is 43.9 Å². The van der Waals surface area contributed by atoms with Crippen molar-refractivity contribution in [3.05, 3.63) is 11.9 Å². The maximum absolute atomic E-state index is 5.96. The Labute approximate surface area is 126 Å². The number of fused-ring (bicyclic) bond motifs is 1. The second-order valence-corrected chi connectivity index (χ2v) is 5.79. The van der Waals surface area contributed by atoms with Crippen LogP contribution in [0.2, 0.25) is 0 Å². The van der Waals surface area contributed by atoms with Crippen LogP contribution in [0, 0.1) is 0 Å². The minimum absolute atomic E-state index is 0.248. The van der Waals surface area contributed by atoms with Gasteiger partial charge in [-0.2, -0.15) is 0 Å². The molecule has 0 amide bonds. The van der Waals surface area contributed by atoms with Crippen molar-refractivity contribution in [1.82, 2.24) is 14.9 Å². The summed E-state index contributed by atoms with van der Waals surface area (Å²) in [7, 11) is 1.88. The average molecular weight is 291 g/mol. The number of rotatable bonds is 5. The van der Waals surface area contributed by atoms with E-state index >= 15 is 0 Å². The number of aromatic nitrogens is 2. The van der Waals surface area contributed by atoms with Crippen LogP contribution in [-0.4, -0.2) is 60.3 Å². The normalized spacial score (nSPS) is 25.6. The van der Waals surface area contributed by atoms with Crippen LogP contribution >= 0.6 is 0 Å². The molecule has 21 heavy (non-hydrogen) atoms. The first-order valence-electron chi connectivity index (χ1n) is 7.93. The van der Waals surface area contributed by atoms with Crippen molar-refractivity contribution in [3.63, 3.8) is 0 Å². The number of nitrogens with zero attached hydrogens (tertiary/aromatic N) is 3. The van der Waals surface area contributed by atoms with E-state index in [1.54, 1.807) is 0 Å². The third kappa shape index (κ3) is 3.44. The molecule has 0 radical (unpaired) electrons. The minimum atomic E-state index is 0.248. The summed E-state index contributed by atoms with van der Waals surface area (Å²) in [6.45, 7) is 5.99. The minimum Gasteiger partial charge on any atom is -0.373 e. The lowest BCUT2D eigenvalue weighted by atomic mass is 10.2. The van der Waals surface area contributed by atoms with Crippen LogP contribution in [0.4, 0.5) is 11.6 Å². The highest BCUT2D eigenvalue weighted by molar-refractivity contribution is 5.47. The van der Waals surface area contributed by atoms with E-state index in [4.69, 9.17) is 4.74 Å². The molecule has 116 valence electrons. The number of hydrogen-bond acceptors (Lipinski definition) is 6. The maximum Gasteiger partial charge on any atom is 0.132 e. The average Bonchev–Trinajstić information content (AvgIpc) is 3.00. The van der Waals surface area contributed by atoms with Crippen molar-refractivity contribution in [2.24, 2.45) is 0 Å². The quantitative estimate of drug-likeness (QED) is 0.854. The number of morpholine rings is 1. The summed E-state index contributed by atoms with van der Waals surface area (Å²) < 4.78 is 5.96. The van der Waals surface area contributed by atoms with E-state index in [-0.39, 0.29) is 6.10 Å². The second kappa shape index (κ2) is 6.58. The first-order chi connectivity index (χ1) is 10.3. The number of aryl methyl sites for hydroxylation is 1. The molecule has 2 fully saturated rings. The van der Waals surface area contributed by atoms with E-state index in [2.05, 4.69) is 32.4 Å². The molecule has 0 aromatic carbocycles. The summed E-state index contributed by atoms with van der Waals surface area (Å²) in [5, 5.41) is 6.48. The molecular weight excluding hydrogens is 266 g/mol. The molecule has 2 aliphatic rings. The molecule has 1 aromatic heterocycles. The summed E-state index contributed by atoms with van der Waals surface area (Å²) in [5.74, 6) is 2.58.